The van der Waals surface area contributed by atoms with Crippen LogP contribution in [0.3, 0.4) is 0 Å². The van der Waals surface area contributed by atoms with Gasteiger partial charge < -0.3 is 20.1 Å². The van der Waals surface area contributed by atoms with E-state index in [1.165, 1.54) is 212 Å². The van der Waals surface area contributed by atoms with E-state index in [0.29, 0.717) is 13.0 Å². The number of rotatable bonds is 49. The van der Waals surface area contributed by atoms with Gasteiger partial charge in [-0.3, -0.25) is 13.8 Å². The highest BCUT2D eigenvalue weighted by molar-refractivity contribution is 7.47. The fraction of sp³-hybridized carbons (Fsp3) is 0.979. The fourth-order valence-corrected chi connectivity index (χ4v) is 8.35. The number of carbonyl (C=O) groups excluding carboxylic acids is 1. The van der Waals surface area contributed by atoms with Crippen LogP contribution in [-0.4, -0.2) is 49.9 Å². The zero-order valence-corrected chi connectivity index (χ0v) is 39.0. The van der Waals surface area contributed by atoms with E-state index in [2.05, 4.69) is 13.8 Å². The highest BCUT2D eigenvalue weighted by atomic mass is 31.2. The summed E-state index contributed by atoms with van der Waals surface area (Å²) in [5, 5.41) is 0. The molecule has 2 unspecified atom stereocenters. The number of nitrogens with two attached hydrogens (primary N) is 1. The normalized spacial score (nSPS) is 13.3. The number of phosphoric acid groups is 1. The Labute approximate surface area is 354 Å². The molecule has 57 heavy (non-hydrogen) atoms. The second-order valence-electron chi connectivity index (χ2n) is 17.1. The van der Waals surface area contributed by atoms with Gasteiger partial charge in [-0.15, -0.1) is 0 Å². The van der Waals surface area contributed by atoms with Gasteiger partial charge in [0.1, 0.15) is 6.10 Å². The minimum atomic E-state index is -4.27. The first-order chi connectivity index (χ1) is 27.9. The Morgan fingerprint density at radius 1 is 0.456 bits per heavy atom. The second-order valence-corrected chi connectivity index (χ2v) is 18.5. The standard InChI is InChI=1S/C48H98NO7P/c1-3-5-7-9-11-13-15-17-19-21-23-24-25-27-29-31-33-35-37-39-41-48(50)56-47(46-55-57(51,52)54-44-42-49)45-53-43-40-38-36-34-32-30-28-26-22-20-18-16-14-12-10-8-6-4-2/h47H,3-46,49H2,1-2H3,(H,51,52). The highest BCUT2D eigenvalue weighted by Crippen LogP contribution is 2.43. The molecule has 0 heterocycles. The van der Waals surface area contributed by atoms with E-state index in [1.807, 2.05) is 0 Å². The van der Waals surface area contributed by atoms with Gasteiger partial charge in [0.05, 0.1) is 19.8 Å². The fourth-order valence-electron chi connectivity index (χ4n) is 7.59. The van der Waals surface area contributed by atoms with Crippen molar-refractivity contribution in [1.82, 2.24) is 0 Å². The van der Waals surface area contributed by atoms with Crippen molar-refractivity contribution in [1.29, 1.82) is 0 Å². The summed E-state index contributed by atoms with van der Waals surface area (Å²) in [6.45, 7) is 5.01. The van der Waals surface area contributed by atoms with E-state index < -0.39 is 13.9 Å². The summed E-state index contributed by atoms with van der Waals surface area (Å²) in [6.07, 6.45) is 49.9. The lowest BCUT2D eigenvalue weighted by Gasteiger charge is -2.20. The van der Waals surface area contributed by atoms with Crippen LogP contribution >= 0.6 is 7.82 Å². The van der Waals surface area contributed by atoms with Crippen LogP contribution in [-0.2, 0) is 27.9 Å². The monoisotopic (exact) mass is 832 g/mol. The average molecular weight is 832 g/mol. The van der Waals surface area contributed by atoms with Crippen LogP contribution < -0.4 is 5.73 Å². The quantitative estimate of drug-likeness (QED) is 0.0354. The highest BCUT2D eigenvalue weighted by Gasteiger charge is 2.25. The molecule has 342 valence electrons. The van der Waals surface area contributed by atoms with Crippen molar-refractivity contribution < 1.29 is 32.8 Å². The molecule has 3 N–H and O–H groups in total. The van der Waals surface area contributed by atoms with Crippen molar-refractivity contribution in [2.75, 3.05) is 33.0 Å². The van der Waals surface area contributed by atoms with Crippen molar-refractivity contribution in [3.63, 3.8) is 0 Å². The first-order valence-corrected chi connectivity index (χ1v) is 26.5. The molecule has 0 saturated carbocycles. The number of phosphoric ester groups is 1. The van der Waals surface area contributed by atoms with Crippen molar-refractivity contribution in [2.24, 2.45) is 5.73 Å². The van der Waals surface area contributed by atoms with Gasteiger partial charge in [-0.25, -0.2) is 4.57 Å². The van der Waals surface area contributed by atoms with E-state index in [9.17, 15) is 14.3 Å². The van der Waals surface area contributed by atoms with Crippen LogP contribution in [0.2, 0.25) is 0 Å². The Kier molecular flexibility index (Phi) is 46.2. The van der Waals surface area contributed by atoms with Crippen LogP contribution in [0.25, 0.3) is 0 Å². The number of carbonyl (C=O) groups is 1. The van der Waals surface area contributed by atoms with Gasteiger partial charge >= 0.3 is 13.8 Å². The number of unbranched alkanes of at least 4 members (excludes halogenated alkanes) is 36. The molecule has 0 bridgehead atoms. The van der Waals surface area contributed by atoms with Gasteiger partial charge in [0.2, 0.25) is 0 Å². The molecule has 0 aliphatic rings. The van der Waals surface area contributed by atoms with Gasteiger partial charge in [0.15, 0.2) is 0 Å². The maximum atomic E-state index is 12.6. The molecule has 0 amide bonds. The lowest BCUT2D eigenvalue weighted by Crippen LogP contribution is -2.28. The summed E-state index contributed by atoms with van der Waals surface area (Å²) in [7, 11) is -4.27. The Balaban J connectivity index is 3.89. The topological polar surface area (TPSA) is 117 Å². The summed E-state index contributed by atoms with van der Waals surface area (Å²) >= 11 is 0. The second kappa shape index (κ2) is 46.6. The van der Waals surface area contributed by atoms with Gasteiger partial charge in [0, 0.05) is 19.6 Å². The lowest BCUT2D eigenvalue weighted by atomic mass is 10.0. The molecule has 0 aliphatic carbocycles. The molecule has 0 radical (unpaired) electrons. The van der Waals surface area contributed by atoms with E-state index in [4.69, 9.17) is 24.3 Å². The third-order valence-electron chi connectivity index (χ3n) is 11.3. The van der Waals surface area contributed by atoms with Crippen LogP contribution in [0.15, 0.2) is 0 Å². The van der Waals surface area contributed by atoms with Crippen LogP contribution in [0.5, 0.6) is 0 Å². The molecular formula is C48H98NO7P. The molecule has 0 aromatic rings. The van der Waals surface area contributed by atoms with E-state index in [-0.39, 0.29) is 32.3 Å². The average Bonchev–Trinajstić information content (AvgIpc) is 3.20. The first kappa shape index (κ1) is 56.5. The number of hydrogen-bond donors (Lipinski definition) is 2. The predicted molar refractivity (Wildman–Crippen MR) is 243 cm³/mol. The van der Waals surface area contributed by atoms with E-state index >= 15 is 0 Å². The minimum Gasteiger partial charge on any atom is -0.457 e. The Hall–Kier alpha value is -0.500. The maximum Gasteiger partial charge on any atom is 0.472 e. The molecule has 0 spiro atoms. The third kappa shape index (κ3) is 46.4. The molecule has 8 nitrogen and oxygen atoms in total. The minimum absolute atomic E-state index is 0.0898. The van der Waals surface area contributed by atoms with Gasteiger partial charge in [-0.1, -0.05) is 245 Å². The SMILES string of the molecule is CCCCCCCCCCCCCCCCCCCCCCC(=O)OC(COCCCCCCCCCCCCCCCCCCCC)COP(=O)(O)OCCN. The van der Waals surface area contributed by atoms with Gasteiger partial charge in [-0.2, -0.15) is 0 Å². The smallest absolute Gasteiger partial charge is 0.457 e. The summed E-state index contributed by atoms with van der Waals surface area (Å²) in [6, 6.07) is 0. The number of hydrogen-bond acceptors (Lipinski definition) is 7. The maximum absolute atomic E-state index is 12.6. The lowest BCUT2D eigenvalue weighted by molar-refractivity contribution is -0.154. The Morgan fingerprint density at radius 3 is 1.11 bits per heavy atom. The van der Waals surface area contributed by atoms with Crippen molar-refractivity contribution in [2.45, 2.75) is 270 Å². The van der Waals surface area contributed by atoms with Crippen LogP contribution in [0, 0.1) is 0 Å². The summed E-state index contributed by atoms with van der Waals surface area (Å²) in [5.41, 5.74) is 5.39. The Morgan fingerprint density at radius 2 is 0.772 bits per heavy atom. The largest absolute Gasteiger partial charge is 0.472 e. The summed E-state index contributed by atoms with van der Waals surface area (Å²) in [5.74, 6) is -0.321. The predicted octanol–water partition coefficient (Wildman–Crippen LogP) is 15.3. The zero-order valence-electron chi connectivity index (χ0n) is 38.1. The molecule has 2 atom stereocenters. The molecule has 0 aromatic carbocycles. The summed E-state index contributed by atoms with van der Waals surface area (Å²) < 4.78 is 33.6. The molecular weight excluding hydrogens is 734 g/mol. The molecule has 0 saturated heterocycles. The van der Waals surface area contributed by atoms with Gasteiger partial charge in [-0.05, 0) is 12.8 Å². The molecule has 9 heteroatoms. The molecule has 0 aliphatic heterocycles. The van der Waals surface area contributed by atoms with Crippen LogP contribution in [0.1, 0.15) is 264 Å². The van der Waals surface area contributed by atoms with Gasteiger partial charge in [0.25, 0.3) is 0 Å². The van der Waals surface area contributed by atoms with E-state index in [0.717, 1.165) is 32.1 Å². The zero-order chi connectivity index (χ0) is 41.6. The third-order valence-corrected chi connectivity index (χ3v) is 12.3. The van der Waals surface area contributed by atoms with Crippen molar-refractivity contribution >= 4 is 13.8 Å². The van der Waals surface area contributed by atoms with E-state index in [1.54, 1.807) is 0 Å². The first-order valence-electron chi connectivity index (χ1n) is 25.0. The number of esters is 1. The molecule has 0 aromatic heterocycles. The molecule has 0 rings (SSSR count). The summed E-state index contributed by atoms with van der Waals surface area (Å²) in [4.78, 5) is 22.6. The Bertz CT molecular complexity index is 848. The molecule has 0 fully saturated rings. The number of ether oxygens (including phenoxy) is 2. The van der Waals surface area contributed by atoms with Crippen LogP contribution in [0.4, 0.5) is 0 Å². The van der Waals surface area contributed by atoms with Crippen molar-refractivity contribution in [3.8, 4) is 0 Å². The van der Waals surface area contributed by atoms with Crippen molar-refractivity contribution in [3.05, 3.63) is 0 Å².